The Labute approximate surface area is 125 Å². The average Bonchev–Trinajstić information content (AvgIpc) is 3.20. The molecule has 5 nitrogen and oxygen atoms in total. The number of amides is 1. The molecule has 1 amide bonds. The molecule has 2 saturated heterocycles. The van der Waals surface area contributed by atoms with E-state index in [4.69, 9.17) is 0 Å². The summed E-state index contributed by atoms with van der Waals surface area (Å²) < 4.78 is 0.926. The van der Waals surface area contributed by atoms with Crippen molar-refractivity contribution in [2.75, 3.05) is 0 Å². The van der Waals surface area contributed by atoms with Crippen molar-refractivity contribution in [3.8, 4) is 0 Å². The molecule has 4 rings (SSSR count). The molecule has 2 aliphatic rings. The molecule has 6 heteroatoms. The highest BCUT2D eigenvalue weighted by atomic mass is 32.1. The Bertz CT molecular complexity index is 727. The molecule has 2 bridgehead atoms. The first-order chi connectivity index (χ1) is 10.2. The molecule has 0 spiro atoms. The van der Waals surface area contributed by atoms with Crippen LogP contribution in [0.15, 0.2) is 18.3 Å². The van der Waals surface area contributed by atoms with Crippen LogP contribution in [0.4, 0.5) is 0 Å². The molecule has 2 N–H and O–H groups in total. The summed E-state index contributed by atoms with van der Waals surface area (Å²) in [5.74, 6) is -0.130. The molecular weight excluding hydrogens is 286 g/mol. The maximum absolute atomic E-state index is 12.3. The van der Waals surface area contributed by atoms with Crippen LogP contribution in [-0.2, 0) is 0 Å². The van der Waals surface area contributed by atoms with Gasteiger partial charge in [-0.05, 0) is 36.8 Å². The number of carbonyl (C=O) groups is 2. The van der Waals surface area contributed by atoms with Gasteiger partial charge in [-0.3, -0.25) is 9.59 Å². The number of hydrogen-bond acceptors (Lipinski definition) is 5. The highest BCUT2D eigenvalue weighted by Gasteiger charge is 2.39. The number of fused-ring (bicyclic) bond motifs is 3. The molecule has 2 fully saturated rings. The molecule has 0 aromatic carbocycles. The van der Waals surface area contributed by atoms with E-state index in [0.29, 0.717) is 22.7 Å². The number of pyridine rings is 1. The van der Waals surface area contributed by atoms with Gasteiger partial charge in [0.15, 0.2) is 6.29 Å². The van der Waals surface area contributed by atoms with E-state index in [1.165, 1.54) is 17.8 Å². The van der Waals surface area contributed by atoms with Crippen LogP contribution in [0.5, 0.6) is 0 Å². The lowest BCUT2D eigenvalue weighted by atomic mass is 9.95. The lowest BCUT2D eigenvalue weighted by Crippen LogP contribution is -2.43. The van der Waals surface area contributed by atoms with Crippen molar-refractivity contribution in [3.63, 3.8) is 0 Å². The topological polar surface area (TPSA) is 71.1 Å². The summed E-state index contributed by atoms with van der Waals surface area (Å²) in [4.78, 5) is 28.0. The minimum Gasteiger partial charge on any atom is -0.346 e. The zero-order valence-electron chi connectivity index (χ0n) is 11.3. The first-order valence-electron chi connectivity index (χ1n) is 7.14. The Morgan fingerprint density at radius 1 is 1.43 bits per heavy atom. The van der Waals surface area contributed by atoms with E-state index in [1.807, 2.05) is 0 Å². The molecule has 2 aromatic heterocycles. The van der Waals surface area contributed by atoms with Crippen LogP contribution < -0.4 is 10.6 Å². The van der Waals surface area contributed by atoms with Crippen molar-refractivity contribution in [3.05, 3.63) is 28.9 Å². The van der Waals surface area contributed by atoms with Gasteiger partial charge >= 0.3 is 0 Å². The minimum absolute atomic E-state index is 0.130. The third-order valence-electron chi connectivity index (χ3n) is 4.39. The van der Waals surface area contributed by atoms with Gasteiger partial charge in [0.2, 0.25) is 0 Å². The molecule has 0 unspecified atom stereocenters. The van der Waals surface area contributed by atoms with Crippen molar-refractivity contribution in [1.82, 2.24) is 15.6 Å². The van der Waals surface area contributed by atoms with Gasteiger partial charge < -0.3 is 10.6 Å². The van der Waals surface area contributed by atoms with E-state index >= 15 is 0 Å². The molecule has 2 aliphatic heterocycles. The fraction of sp³-hybridized carbons (Fsp3) is 0.400. The van der Waals surface area contributed by atoms with Gasteiger partial charge in [-0.2, -0.15) is 0 Å². The van der Waals surface area contributed by atoms with Gasteiger partial charge in [0.05, 0.1) is 9.58 Å². The van der Waals surface area contributed by atoms with Crippen LogP contribution in [0.3, 0.4) is 0 Å². The first kappa shape index (κ1) is 12.9. The van der Waals surface area contributed by atoms with E-state index < -0.39 is 0 Å². The Morgan fingerprint density at radius 3 is 3.05 bits per heavy atom. The highest BCUT2D eigenvalue weighted by molar-refractivity contribution is 7.20. The van der Waals surface area contributed by atoms with Crippen LogP contribution >= 0.6 is 11.3 Å². The Hall–Kier alpha value is -1.79. The number of thiophene rings is 1. The second-order valence-electron chi connectivity index (χ2n) is 5.74. The second-order valence-corrected chi connectivity index (χ2v) is 6.85. The number of hydrogen-bond donors (Lipinski definition) is 2. The number of nitrogens with one attached hydrogen (secondary N) is 2. The predicted octanol–water partition coefficient (Wildman–Crippen LogP) is 1.73. The molecule has 4 heterocycles. The summed E-state index contributed by atoms with van der Waals surface area (Å²) in [6.07, 6.45) is 5.85. The number of carbonyl (C=O) groups excluding carboxylic acids is 2. The molecule has 21 heavy (non-hydrogen) atoms. The summed E-state index contributed by atoms with van der Waals surface area (Å²) in [6, 6.07) is 4.73. The van der Waals surface area contributed by atoms with Crippen molar-refractivity contribution in [1.29, 1.82) is 0 Å². The minimum atomic E-state index is -0.130. The normalized spacial score (nSPS) is 27.1. The van der Waals surface area contributed by atoms with Crippen LogP contribution in [0, 0.1) is 0 Å². The summed E-state index contributed by atoms with van der Waals surface area (Å²) in [6.45, 7) is 0. The average molecular weight is 301 g/mol. The van der Waals surface area contributed by atoms with Gasteiger partial charge in [0, 0.05) is 24.3 Å². The third kappa shape index (κ3) is 2.24. The van der Waals surface area contributed by atoms with Crippen LogP contribution in [0.2, 0.25) is 0 Å². The van der Waals surface area contributed by atoms with Crippen molar-refractivity contribution < 1.29 is 9.59 Å². The maximum atomic E-state index is 12.3. The molecule has 2 aromatic rings. The van der Waals surface area contributed by atoms with Gasteiger partial charge in [0.1, 0.15) is 5.69 Å². The van der Waals surface area contributed by atoms with Gasteiger partial charge in [-0.15, -0.1) is 11.3 Å². The van der Waals surface area contributed by atoms with Gasteiger partial charge in [-0.25, -0.2) is 4.98 Å². The third-order valence-corrected chi connectivity index (χ3v) is 5.40. The lowest BCUT2D eigenvalue weighted by molar-refractivity contribution is 0.0926. The monoisotopic (exact) mass is 301 g/mol. The van der Waals surface area contributed by atoms with E-state index in [1.54, 1.807) is 18.3 Å². The fourth-order valence-corrected chi connectivity index (χ4v) is 4.20. The van der Waals surface area contributed by atoms with Crippen molar-refractivity contribution >= 4 is 33.6 Å². The Balaban J connectivity index is 1.54. The highest BCUT2D eigenvalue weighted by Crippen LogP contribution is 2.28. The predicted molar refractivity (Wildman–Crippen MR) is 80.8 cm³/mol. The van der Waals surface area contributed by atoms with E-state index in [0.717, 1.165) is 29.2 Å². The molecular formula is C15H15N3O2S. The zero-order chi connectivity index (χ0) is 14.4. The molecule has 0 saturated carbocycles. The SMILES string of the molecule is O=Cc1cc2cc(C(=O)N[C@@H]3C[C@H]4CC[C@@H]3N4)ncc2s1. The summed E-state index contributed by atoms with van der Waals surface area (Å²) in [7, 11) is 0. The largest absolute Gasteiger partial charge is 0.346 e. The number of nitrogens with zero attached hydrogens (tertiary/aromatic N) is 1. The fourth-order valence-electron chi connectivity index (χ4n) is 3.37. The molecule has 0 aliphatic carbocycles. The van der Waals surface area contributed by atoms with E-state index in [9.17, 15) is 9.59 Å². The standard InChI is InChI=1S/C15H15N3O2S/c19-7-10-3-8-4-13(16-6-14(8)21-10)15(20)18-12-5-9-1-2-11(12)17-9/h3-4,6-7,9,11-12,17H,1-2,5H2,(H,18,20)/t9-,11+,12-/m1/s1. The van der Waals surface area contributed by atoms with Gasteiger partial charge in [0.25, 0.3) is 5.91 Å². The smallest absolute Gasteiger partial charge is 0.270 e. The van der Waals surface area contributed by atoms with Crippen molar-refractivity contribution in [2.45, 2.75) is 37.4 Å². The van der Waals surface area contributed by atoms with Gasteiger partial charge in [-0.1, -0.05) is 0 Å². The van der Waals surface area contributed by atoms with E-state index in [2.05, 4.69) is 15.6 Å². The zero-order valence-corrected chi connectivity index (χ0v) is 12.2. The van der Waals surface area contributed by atoms with Crippen LogP contribution in [0.1, 0.15) is 39.4 Å². The van der Waals surface area contributed by atoms with Crippen LogP contribution in [0.25, 0.3) is 10.1 Å². The first-order valence-corrected chi connectivity index (χ1v) is 7.96. The summed E-state index contributed by atoms with van der Waals surface area (Å²) in [5.41, 5.74) is 0.417. The summed E-state index contributed by atoms with van der Waals surface area (Å²) in [5, 5.41) is 7.48. The molecule has 108 valence electrons. The number of rotatable bonds is 3. The number of aromatic nitrogens is 1. The van der Waals surface area contributed by atoms with Crippen LogP contribution in [-0.4, -0.2) is 35.3 Å². The maximum Gasteiger partial charge on any atom is 0.270 e. The Morgan fingerprint density at radius 2 is 2.33 bits per heavy atom. The lowest BCUT2D eigenvalue weighted by Gasteiger charge is -2.21. The summed E-state index contributed by atoms with van der Waals surface area (Å²) >= 11 is 1.39. The molecule has 3 atom stereocenters. The Kier molecular flexibility index (Phi) is 3.01. The molecule has 0 radical (unpaired) electrons. The quantitative estimate of drug-likeness (QED) is 0.847. The second kappa shape index (κ2) is 4.89. The van der Waals surface area contributed by atoms with E-state index in [-0.39, 0.29) is 11.9 Å². The number of aldehydes is 1. The van der Waals surface area contributed by atoms with Crippen molar-refractivity contribution in [2.24, 2.45) is 0 Å².